The molecule has 114 valence electrons. The van der Waals surface area contributed by atoms with E-state index in [1.807, 2.05) is 0 Å². The van der Waals surface area contributed by atoms with Crippen LogP contribution in [0.25, 0.3) is 0 Å². The molecule has 0 saturated carbocycles. The van der Waals surface area contributed by atoms with Crippen molar-refractivity contribution >= 4 is 21.9 Å². The van der Waals surface area contributed by atoms with Crippen LogP contribution in [0, 0.1) is 0 Å². The van der Waals surface area contributed by atoms with E-state index >= 15 is 0 Å². The maximum Gasteiger partial charge on any atom is 0.534 e. The van der Waals surface area contributed by atoms with Gasteiger partial charge in [0.05, 0.1) is 0 Å². The van der Waals surface area contributed by atoms with Crippen LogP contribution in [0.5, 0.6) is 5.88 Å². The lowest BCUT2D eigenvalue weighted by atomic mass is 10.4. The van der Waals surface area contributed by atoms with Gasteiger partial charge in [-0.05, 0) is 6.26 Å². The third kappa shape index (κ3) is 3.88. The van der Waals surface area contributed by atoms with Gasteiger partial charge in [-0.1, -0.05) is 11.8 Å². The Kier molecular flexibility index (Phi) is 4.43. The molecule has 1 aromatic rings. The Bertz CT molecular complexity index is 598. The molecular weight excluding hydrogens is 338 g/mol. The topological polar surface area (TPSA) is 69.2 Å². The third-order valence-electron chi connectivity index (χ3n) is 1.63. The summed E-state index contributed by atoms with van der Waals surface area (Å²) in [6, 6.07) is -0.0387. The minimum absolute atomic E-state index is 0.0387. The highest BCUT2D eigenvalue weighted by atomic mass is 32.2. The van der Waals surface area contributed by atoms with Gasteiger partial charge < -0.3 is 4.18 Å². The molecule has 0 amide bonds. The van der Waals surface area contributed by atoms with Crippen molar-refractivity contribution in [3.63, 3.8) is 0 Å². The monoisotopic (exact) mass is 342 g/mol. The van der Waals surface area contributed by atoms with Crippen molar-refractivity contribution in [2.45, 2.75) is 16.8 Å². The summed E-state index contributed by atoms with van der Waals surface area (Å²) in [7, 11) is -6.10. The first-order valence-electron chi connectivity index (χ1n) is 4.38. The molecule has 0 aromatic carbocycles. The van der Waals surface area contributed by atoms with Crippen molar-refractivity contribution < 1.29 is 38.9 Å². The number of hydrogen-bond acceptors (Lipinski definition) is 6. The van der Waals surface area contributed by atoms with Gasteiger partial charge in [-0.15, -0.1) is 0 Å². The first kappa shape index (κ1) is 16.8. The predicted octanol–water partition coefficient (Wildman–Crippen LogP) is 2.45. The van der Waals surface area contributed by atoms with Crippen molar-refractivity contribution in [3.8, 4) is 5.88 Å². The van der Waals surface area contributed by atoms with Gasteiger partial charge in [0, 0.05) is 6.07 Å². The van der Waals surface area contributed by atoms with Crippen LogP contribution in [0.2, 0.25) is 0 Å². The fraction of sp³-hybridized carbons (Fsp3) is 0.429. The average Bonchev–Trinajstić information content (AvgIpc) is 2.25. The van der Waals surface area contributed by atoms with E-state index in [4.69, 9.17) is 0 Å². The second-order valence-electron chi connectivity index (χ2n) is 3.06. The molecule has 0 fully saturated rings. The largest absolute Gasteiger partial charge is 0.534 e. The zero-order valence-electron chi connectivity index (χ0n) is 9.28. The Labute approximate surface area is 112 Å². The zero-order chi connectivity index (χ0) is 15.8. The quantitative estimate of drug-likeness (QED) is 0.276. The second kappa shape index (κ2) is 5.27. The summed E-state index contributed by atoms with van der Waals surface area (Å²) >= 11 is 0.568. The highest BCUT2D eigenvalue weighted by Gasteiger charge is 2.49. The lowest BCUT2D eigenvalue weighted by Gasteiger charge is -2.11. The Morgan fingerprint density at radius 1 is 1.15 bits per heavy atom. The minimum atomic E-state index is -6.10. The molecule has 0 unspecified atom stereocenters. The summed E-state index contributed by atoms with van der Waals surface area (Å²) in [6.45, 7) is 0. The summed E-state index contributed by atoms with van der Waals surface area (Å²) in [5.41, 5.74) is -7.40. The van der Waals surface area contributed by atoms with Crippen molar-refractivity contribution in [1.82, 2.24) is 9.97 Å². The Morgan fingerprint density at radius 2 is 1.70 bits per heavy atom. The lowest BCUT2D eigenvalue weighted by Crippen LogP contribution is -2.28. The molecule has 1 aromatic heterocycles. The summed E-state index contributed by atoms with van der Waals surface area (Å²) in [5, 5.41) is -0.591. The third-order valence-corrected chi connectivity index (χ3v) is 3.14. The first-order chi connectivity index (χ1) is 8.87. The fourth-order valence-electron chi connectivity index (χ4n) is 0.843. The Hall–Kier alpha value is -1.24. The van der Waals surface area contributed by atoms with Crippen LogP contribution in [0.3, 0.4) is 0 Å². The molecule has 0 saturated heterocycles. The highest BCUT2D eigenvalue weighted by molar-refractivity contribution is 7.98. The van der Waals surface area contributed by atoms with Crippen molar-refractivity contribution in [3.05, 3.63) is 11.8 Å². The maximum atomic E-state index is 12.4. The van der Waals surface area contributed by atoms with Crippen LogP contribution in [0.15, 0.2) is 11.2 Å². The minimum Gasteiger partial charge on any atom is -0.355 e. The standard InChI is InChI=1S/C7H4F6N2O3S2/c1-19-5-14-3(6(8,9)10)2-4(15-5)18-20(16,17)7(11,12)13/h2H,1H3. The molecule has 20 heavy (non-hydrogen) atoms. The zero-order valence-corrected chi connectivity index (χ0v) is 10.9. The van der Waals surface area contributed by atoms with Gasteiger partial charge in [0.25, 0.3) is 0 Å². The van der Waals surface area contributed by atoms with E-state index in [0.29, 0.717) is 11.8 Å². The Morgan fingerprint density at radius 3 is 2.10 bits per heavy atom. The summed E-state index contributed by atoms with van der Waals surface area (Å²) in [4.78, 5) is 6.10. The first-order valence-corrected chi connectivity index (χ1v) is 7.01. The average molecular weight is 342 g/mol. The van der Waals surface area contributed by atoms with Gasteiger partial charge in [-0.3, -0.25) is 0 Å². The fourth-order valence-corrected chi connectivity index (χ4v) is 1.62. The number of thioether (sulfide) groups is 1. The van der Waals surface area contributed by atoms with Crippen molar-refractivity contribution in [2.24, 2.45) is 0 Å². The van der Waals surface area contributed by atoms with Gasteiger partial charge in [-0.2, -0.15) is 39.7 Å². The van der Waals surface area contributed by atoms with E-state index in [2.05, 4.69) is 14.2 Å². The summed E-state index contributed by atoms with van der Waals surface area (Å²) < 4.78 is 98.3. The van der Waals surface area contributed by atoms with E-state index in [1.54, 1.807) is 0 Å². The lowest BCUT2D eigenvalue weighted by molar-refractivity contribution is -0.141. The number of alkyl halides is 6. The second-order valence-corrected chi connectivity index (χ2v) is 5.37. The molecule has 1 heterocycles. The number of halogens is 6. The van der Waals surface area contributed by atoms with Crippen molar-refractivity contribution in [1.29, 1.82) is 0 Å². The number of aromatic nitrogens is 2. The van der Waals surface area contributed by atoms with E-state index in [0.717, 1.165) is 0 Å². The number of rotatable bonds is 3. The molecule has 0 radical (unpaired) electrons. The van der Waals surface area contributed by atoms with E-state index < -0.39 is 38.5 Å². The molecule has 0 aliphatic rings. The molecule has 0 aliphatic carbocycles. The van der Waals surface area contributed by atoms with Crippen LogP contribution in [-0.4, -0.2) is 30.1 Å². The molecule has 0 aliphatic heterocycles. The Balaban J connectivity index is 3.27. The molecule has 0 atom stereocenters. The molecule has 0 N–H and O–H groups in total. The summed E-state index contributed by atoms with van der Waals surface area (Å²) in [6.07, 6.45) is -3.74. The maximum absolute atomic E-state index is 12.4. The van der Waals surface area contributed by atoms with Gasteiger partial charge in [-0.25, -0.2) is 4.98 Å². The molecule has 5 nitrogen and oxygen atoms in total. The van der Waals surface area contributed by atoms with Gasteiger partial charge in [0.1, 0.15) is 0 Å². The van der Waals surface area contributed by atoms with Crippen LogP contribution in [0.1, 0.15) is 5.69 Å². The SMILES string of the molecule is CSc1nc(OS(=O)(=O)C(F)(F)F)cc(C(F)(F)F)n1. The van der Waals surface area contributed by atoms with Gasteiger partial charge in [0.15, 0.2) is 10.9 Å². The van der Waals surface area contributed by atoms with E-state index in [9.17, 15) is 34.8 Å². The van der Waals surface area contributed by atoms with Crippen molar-refractivity contribution in [2.75, 3.05) is 6.26 Å². The predicted molar refractivity (Wildman–Crippen MR) is 54.4 cm³/mol. The molecular formula is C7H4F6N2O3S2. The highest BCUT2D eigenvalue weighted by Crippen LogP contribution is 2.32. The molecule has 0 bridgehead atoms. The van der Waals surface area contributed by atoms with Crippen LogP contribution >= 0.6 is 11.8 Å². The normalized spacial score (nSPS) is 13.3. The molecule has 0 spiro atoms. The number of nitrogens with zero attached hydrogens (tertiary/aromatic N) is 2. The van der Waals surface area contributed by atoms with Gasteiger partial charge >= 0.3 is 21.8 Å². The smallest absolute Gasteiger partial charge is 0.355 e. The summed E-state index contributed by atoms with van der Waals surface area (Å²) in [5.74, 6) is -1.37. The van der Waals surface area contributed by atoms with Crippen LogP contribution < -0.4 is 4.18 Å². The van der Waals surface area contributed by atoms with E-state index in [-0.39, 0.29) is 6.07 Å². The molecule has 13 heteroatoms. The van der Waals surface area contributed by atoms with Crippen LogP contribution in [-0.2, 0) is 16.3 Å². The van der Waals surface area contributed by atoms with Gasteiger partial charge in [0.2, 0.25) is 5.88 Å². The van der Waals surface area contributed by atoms with Crippen LogP contribution in [0.4, 0.5) is 26.3 Å². The number of hydrogen-bond donors (Lipinski definition) is 0. The molecule has 1 rings (SSSR count). The van der Waals surface area contributed by atoms with E-state index in [1.165, 1.54) is 6.26 Å².